The standard InChI is InChI=1S/C27H37F2N3O5S/c1-7-24(26(34)30-27(2,3)4)31(18-19-10-8-11-21(16-19)37-5)25(33)12-9-15-32(38(6,35)36)20-13-14-22(28)23(29)17-20/h8,10-11,13-14,16-17,24H,7,9,12,15,18H2,1-6H3,(H,30,34). The van der Waals surface area contributed by atoms with Crippen LogP contribution in [-0.2, 0) is 26.2 Å². The monoisotopic (exact) mass is 553 g/mol. The van der Waals surface area contributed by atoms with Crippen LogP contribution in [0, 0.1) is 11.6 Å². The Morgan fingerprint density at radius 3 is 2.32 bits per heavy atom. The van der Waals surface area contributed by atoms with Crippen molar-refractivity contribution in [3.05, 3.63) is 59.7 Å². The fourth-order valence-corrected chi connectivity index (χ4v) is 4.94. The van der Waals surface area contributed by atoms with E-state index in [0.717, 1.165) is 28.3 Å². The van der Waals surface area contributed by atoms with Gasteiger partial charge in [-0.05, 0) is 63.4 Å². The normalized spacial score (nSPS) is 12.5. The van der Waals surface area contributed by atoms with Gasteiger partial charge in [0, 0.05) is 31.1 Å². The number of hydrogen-bond acceptors (Lipinski definition) is 5. The summed E-state index contributed by atoms with van der Waals surface area (Å²) in [6.45, 7) is 7.38. The van der Waals surface area contributed by atoms with Gasteiger partial charge in [-0.25, -0.2) is 17.2 Å². The molecule has 0 aliphatic rings. The molecule has 0 aromatic heterocycles. The van der Waals surface area contributed by atoms with E-state index in [9.17, 15) is 26.8 Å². The van der Waals surface area contributed by atoms with Gasteiger partial charge in [-0.15, -0.1) is 0 Å². The minimum absolute atomic E-state index is 0.0388. The Balaban J connectivity index is 2.28. The van der Waals surface area contributed by atoms with Gasteiger partial charge in [0.25, 0.3) is 0 Å². The Labute approximate surface area is 224 Å². The van der Waals surface area contributed by atoms with Gasteiger partial charge in [-0.3, -0.25) is 13.9 Å². The van der Waals surface area contributed by atoms with E-state index < -0.39 is 33.2 Å². The highest BCUT2D eigenvalue weighted by Gasteiger charge is 2.31. The van der Waals surface area contributed by atoms with E-state index in [4.69, 9.17) is 4.74 Å². The first kappa shape index (κ1) is 31.0. The van der Waals surface area contributed by atoms with Crippen molar-refractivity contribution in [2.75, 3.05) is 24.2 Å². The smallest absolute Gasteiger partial charge is 0.243 e. The number of halogens is 2. The molecule has 2 aromatic carbocycles. The Kier molecular flexibility index (Phi) is 10.6. The van der Waals surface area contributed by atoms with Gasteiger partial charge < -0.3 is 15.0 Å². The van der Waals surface area contributed by atoms with Gasteiger partial charge in [0.15, 0.2) is 11.6 Å². The van der Waals surface area contributed by atoms with Crippen LogP contribution in [0.5, 0.6) is 5.75 Å². The second-order valence-electron chi connectivity index (χ2n) is 10.1. The van der Waals surface area contributed by atoms with E-state index >= 15 is 0 Å². The first-order valence-electron chi connectivity index (χ1n) is 12.3. The second kappa shape index (κ2) is 13.0. The zero-order valence-electron chi connectivity index (χ0n) is 22.8. The zero-order valence-corrected chi connectivity index (χ0v) is 23.6. The van der Waals surface area contributed by atoms with Crippen LogP contribution in [0.3, 0.4) is 0 Å². The molecule has 0 bridgehead atoms. The van der Waals surface area contributed by atoms with Crippen molar-refractivity contribution in [1.29, 1.82) is 0 Å². The van der Waals surface area contributed by atoms with Gasteiger partial charge in [0.2, 0.25) is 21.8 Å². The highest BCUT2D eigenvalue weighted by molar-refractivity contribution is 7.92. The summed E-state index contributed by atoms with van der Waals surface area (Å²) < 4.78 is 58.1. The maximum Gasteiger partial charge on any atom is 0.243 e. The van der Waals surface area contributed by atoms with Crippen molar-refractivity contribution in [2.45, 2.75) is 65.1 Å². The third kappa shape index (κ3) is 8.97. The Bertz CT molecular complexity index is 1230. The van der Waals surface area contributed by atoms with Crippen LogP contribution in [0.25, 0.3) is 0 Å². The molecule has 0 saturated heterocycles. The summed E-state index contributed by atoms with van der Waals surface area (Å²) in [5.41, 5.74) is 0.220. The van der Waals surface area contributed by atoms with Gasteiger partial charge in [-0.2, -0.15) is 0 Å². The summed E-state index contributed by atoms with van der Waals surface area (Å²) in [5, 5.41) is 2.93. The maximum absolute atomic E-state index is 13.8. The lowest BCUT2D eigenvalue weighted by molar-refractivity contribution is -0.142. The molecule has 0 heterocycles. The molecule has 210 valence electrons. The van der Waals surface area contributed by atoms with Gasteiger partial charge in [-0.1, -0.05) is 19.1 Å². The molecular weight excluding hydrogens is 516 g/mol. The number of nitrogens with one attached hydrogen (secondary N) is 1. The van der Waals surface area contributed by atoms with Crippen LogP contribution in [0.15, 0.2) is 42.5 Å². The molecule has 0 saturated carbocycles. The van der Waals surface area contributed by atoms with E-state index in [1.54, 1.807) is 18.2 Å². The van der Waals surface area contributed by atoms with Crippen LogP contribution < -0.4 is 14.4 Å². The molecular formula is C27H37F2N3O5S. The third-order valence-electron chi connectivity index (χ3n) is 5.71. The summed E-state index contributed by atoms with van der Waals surface area (Å²) in [4.78, 5) is 28.1. The first-order valence-corrected chi connectivity index (χ1v) is 14.2. The quantitative estimate of drug-likeness (QED) is 0.424. The molecule has 1 atom stereocenters. The minimum atomic E-state index is -3.84. The number of methoxy groups -OCH3 is 1. The number of nitrogens with zero attached hydrogens (tertiary/aromatic N) is 2. The molecule has 11 heteroatoms. The molecule has 2 aromatic rings. The maximum atomic E-state index is 13.8. The number of amides is 2. The Morgan fingerprint density at radius 2 is 1.76 bits per heavy atom. The second-order valence-corrected chi connectivity index (χ2v) is 12.0. The number of carbonyl (C=O) groups is 2. The van der Waals surface area contributed by atoms with Crippen LogP contribution in [0.2, 0.25) is 0 Å². The molecule has 0 radical (unpaired) electrons. The van der Waals surface area contributed by atoms with Crippen molar-refractivity contribution < 1.29 is 31.5 Å². The fraction of sp³-hybridized carbons (Fsp3) is 0.481. The summed E-state index contributed by atoms with van der Waals surface area (Å²) in [7, 11) is -2.30. The lowest BCUT2D eigenvalue weighted by Crippen LogP contribution is -2.53. The summed E-state index contributed by atoms with van der Waals surface area (Å²) >= 11 is 0. The van der Waals surface area contributed by atoms with Crippen LogP contribution >= 0.6 is 0 Å². The molecule has 8 nitrogen and oxygen atoms in total. The average molecular weight is 554 g/mol. The number of anilines is 1. The van der Waals surface area contributed by atoms with E-state index in [0.29, 0.717) is 12.2 Å². The minimum Gasteiger partial charge on any atom is -0.497 e. The van der Waals surface area contributed by atoms with Gasteiger partial charge in [0.1, 0.15) is 11.8 Å². The van der Waals surface area contributed by atoms with Crippen LogP contribution in [-0.4, -0.2) is 56.6 Å². The number of rotatable bonds is 12. The molecule has 0 aliphatic carbocycles. The number of ether oxygens (including phenoxy) is 1. The zero-order chi connectivity index (χ0) is 28.7. The van der Waals surface area contributed by atoms with E-state index in [1.807, 2.05) is 33.8 Å². The molecule has 38 heavy (non-hydrogen) atoms. The SMILES string of the molecule is CCC(C(=O)NC(C)(C)C)N(Cc1cccc(OC)c1)C(=O)CCCN(c1ccc(F)c(F)c1)S(C)(=O)=O. The van der Waals surface area contributed by atoms with E-state index in [2.05, 4.69) is 5.32 Å². The summed E-state index contributed by atoms with van der Waals surface area (Å²) in [6, 6.07) is 9.23. The Morgan fingerprint density at radius 1 is 1.08 bits per heavy atom. The number of benzene rings is 2. The first-order chi connectivity index (χ1) is 17.7. The highest BCUT2D eigenvalue weighted by atomic mass is 32.2. The van der Waals surface area contributed by atoms with E-state index in [-0.39, 0.29) is 43.4 Å². The molecule has 0 aliphatic heterocycles. The topological polar surface area (TPSA) is 96.0 Å². The van der Waals surface area contributed by atoms with Crippen LogP contribution in [0.1, 0.15) is 52.5 Å². The lowest BCUT2D eigenvalue weighted by Gasteiger charge is -2.33. The Hall–Kier alpha value is -3.21. The molecule has 1 unspecified atom stereocenters. The highest BCUT2D eigenvalue weighted by Crippen LogP contribution is 2.22. The van der Waals surface area contributed by atoms with Crippen LogP contribution in [0.4, 0.5) is 14.5 Å². The number of carbonyl (C=O) groups excluding carboxylic acids is 2. The van der Waals surface area contributed by atoms with E-state index in [1.165, 1.54) is 18.1 Å². The lowest BCUT2D eigenvalue weighted by atomic mass is 10.0. The average Bonchev–Trinajstić information content (AvgIpc) is 2.81. The summed E-state index contributed by atoms with van der Waals surface area (Å²) in [6.07, 6.45) is 1.34. The van der Waals surface area contributed by atoms with Gasteiger partial charge in [0.05, 0.1) is 19.1 Å². The fourth-order valence-electron chi connectivity index (χ4n) is 3.98. The predicted molar refractivity (Wildman–Crippen MR) is 143 cm³/mol. The molecule has 2 rings (SSSR count). The third-order valence-corrected chi connectivity index (χ3v) is 6.91. The van der Waals surface area contributed by atoms with Crippen molar-refractivity contribution >= 4 is 27.5 Å². The van der Waals surface area contributed by atoms with Crippen molar-refractivity contribution in [2.24, 2.45) is 0 Å². The molecule has 1 N–H and O–H groups in total. The molecule has 0 fully saturated rings. The van der Waals surface area contributed by atoms with Crippen molar-refractivity contribution in [1.82, 2.24) is 10.2 Å². The van der Waals surface area contributed by atoms with Crippen molar-refractivity contribution in [3.8, 4) is 5.75 Å². The summed E-state index contributed by atoms with van der Waals surface area (Å²) in [5.74, 6) is -2.30. The largest absolute Gasteiger partial charge is 0.497 e. The molecule has 2 amide bonds. The van der Waals surface area contributed by atoms with Gasteiger partial charge >= 0.3 is 0 Å². The molecule has 0 spiro atoms. The number of hydrogen-bond donors (Lipinski definition) is 1. The van der Waals surface area contributed by atoms with Crippen molar-refractivity contribution in [3.63, 3.8) is 0 Å². The predicted octanol–water partition coefficient (Wildman–Crippen LogP) is 4.24. The number of sulfonamides is 1.